The molecular formula is C13H20N4O. The Labute approximate surface area is 108 Å². The first-order chi connectivity index (χ1) is 8.75. The number of carbonyl (C=O) groups is 1. The number of rotatable bonds is 4. The van der Waals surface area contributed by atoms with Crippen molar-refractivity contribution >= 4 is 5.91 Å². The van der Waals surface area contributed by atoms with Gasteiger partial charge in [0.25, 0.3) is 5.91 Å². The molecule has 0 aromatic carbocycles. The van der Waals surface area contributed by atoms with E-state index in [-0.39, 0.29) is 5.91 Å². The summed E-state index contributed by atoms with van der Waals surface area (Å²) in [4.78, 5) is 18.3. The van der Waals surface area contributed by atoms with Crippen molar-refractivity contribution in [2.75, 3.05) is 39.3 Å². The molecule has 2 rings (SSSR count). The van der Waals surface area contributed by atoms with Gasteiger partial charge in [0.2, 0.25) is 0 Å². The average molecular weight is 248 g/mol. The smallest absolute Gasteiger partial charge is 0.251 e. The lowest BCUT2D eigenvalue weighted by Gasteiger charge is -2.27. The van der Waals surface area contributed by atoms with E-state index in [4.69, 9.17) is 0 Å². The van der Waals surface area contributed by atoms with E-state index in [1.807, 2.05) is 6.92 Å². The second kappa shape index (κ2) is 6.47. The molecule has 0 saturated carbocycles. The van der Waals surface area contributed by atoms with Crippen LogP contribution < -0.4 is 10.6 Å². The number of nitrogens with one attached hydrogen (secondary N) is 2. The first-order valence-corrected chi connectivity index (χ1v) is 6.39. The molecule has 0 unspecified atom stereocenters. The van der Waals surface area contributed by atoms with E-state index in [0.717, 1.165) is 38.4 Å². The standard InChI is InChI=1S/C13H20N4O/c1-11-10-12(2-3-15-11)13(18)16-6-9-17-7-4-14-5-8-17/h2-3,10,14H,4-9H2,1H3,(H,16,18). The molecule has 0 spiro atoms. The molecule has 1 aliphatic heterocycles. The molecule has 0 bridgehead atoms. The SMILES string of the molecule is Cc1cc(C(=O)NCCN2CCNCC2)ccn1. The van der Waals surface area contributed by atoms with Crippen molar-refractivity contribution in [3.05, 3.63) is 29.6 Å². The minimum absolute atomic E-state index is 0.0179. The second-order valence-electron chi connectivity index (χ2n) is 4.53. The number of pyridine rings is 1. The van der Waals surface area contributed by atoms with Crippen LogP contribution >= 0.6 is 0 Å². The van der Waals surface area contributed by atoms with Gasteiger partial charge in [-0.05, 0) is 19.1 Å². The summed E-state index contributed by atoms with van der Waals surface area (Å²) in [5.74, 6) is -0.0179. The Hall–Kier alpha value is -1.46. The van der Waals surface area contributed by atoms with Crippen molar-refractivity contribution < 1.29 is 4.79 Å². The fourth-order valence-electron chi connectivity index (χ4n) is 2.05. The van der Waals surface area contributed by atoms with E-state index < -0.39 is 0 Å². The van der Waals surface area contributed by atoms with Gasteiger partial charge in [-0.15, -0.1) is 0 Å². The van der Waals surface area contributed by atoms with E-state index in [0.29, 0.717) is 12.1 Å². The molecule has 1 fully saturated rings. The number of hydrogen-bond acceptors (Lipinski definition) is 4. The third-order valence-electron chi connectivity index (χ3n) is 3.08. The van der Waals surface area contributed by atoms with Gasteiger partial charge in [-0.1, -0.05) is 0 Å². The van der Waals surface area contributed by atoms with Crippen LogP contribution in [0.15, 0.2) is 18.3 Å². The summed E-state index contributed by atoms with van der Waals surface area (Å²) in [7, 11) is 0. The molecule has 5 heteroatoms. The maximum Gasteiger partial charge on any atom is 0.251 e. The lowest BCUT2D eigenvalue weighted by Crippen LogP contribution is -2.46. The van der Waals surface area contributed by atoms with Gasteiger partial charge >= 0.3 is 0 Å². The molecule has 1 aromatic rings. The Kier molecular flexibility index (Phi) is 4.66. The van der Waals surface area contributed by atoms with Gasteiger partial charge in [0.15, 0.2) is 0 Å². The highest BCUT2D eigenvalue weighted by atomic mass is 16.1. The first kappa shape index (κ1) is 13.0. The number of carbonyl (C=O) groups excluding carboxylic acids is 1. The van der Waals surface area contributed by atoms with Gasteiger partial charge < -0.3 is 10.6 Å². The van der Waals surface area contributed by atoms with Gasteiger partial charge in [0.05, 0.1) is 0 Å². The molecule has 1 aromatic heterocycles. The van der Waals surface area contributed by atoms with Crippen molar-refractivity contribution in [1.82, 2.24) is 20.5 Å². The monoisotopic (exact) mass is 248 g/mol. The third kappa shape index (κ3) is 3.78. The fourth-order valence-corrected chi connectivity index (χ4v) is 2.05. The van der Waals surface area contributed by atoms with Crippen molar-refractivity contribution in [3.8, 4) is 0 Å². The van der Waals surface area contributed by atoms with Crippen LogP contribution in [0.3, 0.4) is 0 Å². The van der Waals surface area contributed by atoms with Crippen LogP contribution in [0.5, 0.6) is 0 Å². The number of amides is 1. The summed E-state index contributed by atoms with van der Waals surface area (Å²) in [6.45, 7) is 7.69. The Bertz CT molecular complexity index is 402. The Morgan fingerprint density at radius 2 is 2.28 bits per heavy atom. The predicted molar refractivity (Wildman–Crippen MR) is 70.6 cm³/mol. The predicted octanol–water partition coefficient (Wildman–Crippen LogP) is 0.0250. The third-order valence-corrected chi connectivity index (χ3v) is 3.08. The molecule has 2 heterocycles. The molecule has 1 amide bonds. The highest BCUT2D eigenvalue weighted by Crippen LogP contribution is 2.00. The molecule has 2 N–H and O–H groups in total. The van der Waals surface area contributed by atoms with Gasteiger partial charge in [-0.3, -0.25) is 14.7 Å². The largest absolute Gasteiger partial charge is 0.351 e. The molecule has 5 nitrogen and oxygen atoms in total. The van der Waals surface area contributed by atoms with Crippen molar-refractivity contribution in [1.29, 1.82) is 0 Å². The van der Waals surface area contributed by atoms with Gasteiger partial charge in [-0.25, -0.2) is 0 Å². The Balaban J connectivity index is 1.74. The number of piperazine rings is 1. The quantitative estimate of drug-likeness (QED) is 0.789. The summed E-state index contributed by atoms with van der Waals surface area (Å²) in [6.07, 6.45) is 1.67. The lowest BCUT2D eigenvalue weighted by molar-refractivity contribution is 0.0947. The molecule has 0 radical (unpaired) electrons. The normalized spacial score (nSPS) is 16.5. The maximum absolute atomic E-state index is 11.9. The van der Waals surface area contributed by atoms with Crippen molar-refractivity contribution in [2.24, 2.45) is 0 Å². The highest BCUT2D eigenvalue weighted by molar-refractivity contribution is 5.94. The van der Waals surface area contributed by atoms with Gasteiger partial charge in [0.1, 0.15) is 0 Å². The maximum atomic E-state index is 11.9. The zero-order valence-electron chi connectivity index (χ0n) is 10.8. The number of hydrogen-bond donors (Lipinski definition) is 2. The van der Waals surface area contributed by atoms with E-state index in [2.05, 4.69) is 20.5 Å². The van der Waals surface area contributed by atoms with Crippen LogP contribution in [0, 0.1) is 6.92 Å². The van der Waals surface area contributed by atoms with Gasteiger partial charge in [0, 0.05) is 56.7 Å². The molecule has 0 atom stereocenters. The summed E-state index contributed by atoms with van der Waals surface area (Å²) in [5, 5.41) is 6.25. The second-order valence-corrected chi connectivity index (χ2v) is 4.53. The molecule has 1 saturated heterocycles. The highest BCUT2D eigenvalue weighted by Gasteiger charge is 2.10. The first-order valence-electron chi connectivity index (χ1n) is 6.39. The summed E-state index contributed by atoms with van der Waals surface area (Å²) < 4.78 is 0. The number of aryl methyl sites for hydroxylation is 1. The average Bonchev–Trinajstić information content (AvgIpc) is 2.40. The molecule has 18 heavy (non-hydrogen) atoms. The van der Waals surface area contributed by atoms with Crippen LogP contribution in [0.1, 0.15) is 16.1 Å². The Morgan fingerprint density at radius 3 is 3.00 bits per heavy atom. The zero-order chi connectivity index (χ0) is 12.8. The molecule has 0 aliphatic carbocycles. The lowest BCUT2D eigenvalue weighted by atomic mass is 10.2. The fraction of sp³-hybridized carbons (Fsp3) is 0.538. The molecule has 98 valence electrons. The van der Waals surface area contributed by atoms with Crippen molar-refractivity contribution in [3.63, 3.8) is 0 Å². The minimum Gasteiger partial charge on any atom is -0.351 e. The number of nitrogens with zero attached hydrogens (tertiary/aromatic N) is 2. The van der Waals surface area contributed by atoms with E-state index >= 15 is 0 Å². The van der Waals surface area contributed by atoms with Crippen LogP contribution in [0.25, 0.3) is 0 Å². The summed E-state index contributed by atoms with van der Waals surface area (Å²) in [5.41, 5.74) is 1.55. The van der Waals surface area contributed by atoms with E-state index in [1.165, 1.54) is 0 Å². The zero-order valence-corrected chi connectivity index (χ0v) is 10.8. The Morgan fingerprint density at radius 1 is 1.50 bits per heavy atom. The van der Waals surface area contributed by atoms with Crippen molar-refractivity contribution in [2.45, 2.75) is 6.92 Å². The van der Waals surface area contributed by atoms with Crippen LogP contribution in [0.2, 0.25) is 0 Å². The topological polar surface area (TPSA) is 57.3 Å². The van der Waals surface area contributed by atoms with Crippen LogP contribution in [0.4, 0.5) is 0 Å². The molecular weight excluding hydrogens is 228 g/mol. The summed E-state index contributed by atoms with van der Waals surface area (Å²) >= 11 is 0. The van der Waals surface area contributed by atoms with E-state index in [9.17, 15) is 4.79 Å². The number of aromatic nitrogens is 1. The van der Waals surface area contributed by atoms with Crippen LogP contribution in [-0.2, 0) is 0 Å². The van der Waals surface area contributed by atoms with Gasteiger partial charge in [-0.2, -0.15) is 0 Å². The summed E-state index contributed by atoms with van der Waals surface area (Å²) in [6, 6.07) is 3.55. The minimum atomic E-state index is -0.0179. The van der Waals surface area contributed by atoms with Crippen LogP contribution in [-0.4, -0.2) is 55.1 Å². The molecule has 1 aliphatic rings. The van der Waals surface area contributed by atoms with E-state index in [1.54, 1.807) is 18.3 Å².